The van der Waals surface area contributed by atoms with Crippen LogP contribution in [0.15, 0.2) is 0 Å². The van der Waals surface area contributed by atoms with Crippen LogP contribution in [0.25, 0.3) is 0 Å². The molecule has 0 bridgehead atoms. The first-order chi connectivity index (χ1) is 24.9. The van der Waals surface area contributed by atoms with Gasteiger partial charge in [0.05, 0.1) is 19.3 Å². The molecular formula is C41H72N4O7. The summed E-state index contributed by atoms with van der Waals surface area (Å²) in [5.74, 6) is 0.380. The minimum Gasteiger partial charge on any atom is -0.462 e. The summed E-state index contributed by atoms with van der Waals surface area (Å²) < 4.78 is 18.7. The van der Waals surface area contributed by atoms with E-state index in [4.69, 9.17) is 31.4 Å². The average molecular weight is 733 g/mol. The quantitative estimate of drug-likeness (QED) is 0.0704. The molecule has 52 heavy (non-hydrogen) atoms. The molecular weight excluding hydrogens is 660 g/mol. The minimum absolute atomic E-state index is 0.101. The predicted octanol–water partition coefficient (Wildman–Crippen LogP) is 5.54. The zero-order valence-corrected chi connectivity index (χ0v) is 32.8. The van der Waals surface area contributed by atoms with Crippen LogP contribution in [0.4, 0.5) is 0 Å². The zero-order chi connectivity index (χ0) is 37.9. The molecule has 0 aromatic carbocycles. The first-order valence-electron chi connectivity index (χ1n) is 20.9. The van der Waals surface area contributed by atoms with Gasteiger partial charge < -0.3 is 36.7 Å². The normalized spacial score (nSPS) is 34.3. The van der Waals surface area contributed by atoms with E-state index in [0.717, 1.165) is 51.5 Å². The van der Waals surface area contributed by atoms with Gasteiger partial charge in [0.2, 0.25) is 5.91 Å². The third-order valence-corrected chi connectivity index (χ3v) is 14.0. The molecule has 11 heteroatoms. The fourth-order valence-electron chi connectivity index (χ4n) is 11.3. The number of fused-ring (bicyclic) bond motifs is 5. The molecule has 0 saturated heterocycles. The lowest BCUT2D eigenvalue weighted by Crippen LogP contribution is -2.63. The minimum atomic E-state index is -0.351. The van der Waals surface area contributed by atoms with Crippen molar-refractivity contribution in [2.24, 2.45) is 63.5 Å². The Labute approximate surface area is 313 Å². The van der Waals surface area contributed by atoms with Crippen molar-refractivity contribution in [1.82, 2.24) is 5.32 Å². The molecule has 1 unspecified atom stereocenters. The molecule has 11 nitrogen and oxygen atoms in total. The Bertz CT molecular complexity index is 1190. The number of unbranched alkanes of at least 4 members (excludes halogenated alkanes) is 5. The van der Waals surface area contributed by atoms with E-state index in [2.05, 4.69) is 33.0 Å². The number of carbonyl (C=O) groups excluding carboxylic acids is 4. The summed E-state index contributed by atoms with van der Waals surface area (Å²) in [6.45, 7) is 10.6. The molecule has 4 saturated carbocycles. The van der Waals surface area contributed by atoms with Crippen molar-refractivity contribution in [3.63, 3.8) is 0 Å². The standard InChI is InChI=1S/C41H72N4O7/c1-5-6-7-8-9-10-23-45-35(46)14-11-27(2)30-12-13-31-39-32(26-34(41(30,31)4)52-38(49)18-22-44)40(3)19-15-29(50-36(47)16-20-42)24-28(40)25-33(39)51-37(48)17-21-43/h27-34,39H,5-26,42-44H2,1-4H3,(H,45,46)/t27-,28+,29-,30?,31+,32+,33-,34+,39+,40+,41-/m1/s1. The van der Waals surface area contributed by atoms with E-state index in [9.17, 15) is 19.2 Å². The van der Waals surface area contributed by atoms with Crippen molar-refractivity contribution in [2.75, 3.05) is 26.2 Å². The van der Waals surface area contributed by atoms with Crippen LogP contribution in [0.2, 0.25) is 0 Å². The van der Waals surface area contributed by atoms with Crippen LogP contribution in [0.3, 0.4) is 0 Å². The molecule has 0 heterocycles. The number of nitrogens with two attached hydrogens (primary N) is 3. The maximum absolute atomic E-state index is 13.2. The van der Waals surface area contributed by atoms with Gasteiger partial charge in [-0.2, -0.15) is 0 Å². The highest BCUT2D eigenvalue weighted by Crippen LogP contribution is 2.69. The van der Waals surface area contributed by atoms with E-state index in [-0.39, 0.29) is 127 Å². The van der Waals surface area contributed by atoms with E-state index in [1.807, 2.05) is 0 Å². The summed E-state index contributed by atoms with van der Waals surface area (Å²) >= 11 is 0. The molecule has 4 fully saturated rings. The van der Waals surface area contributed by atoms with E-state index < -0.39 is 0 Å². The van der Waals surface area contributed by atoms with Gasteiger partial charge in [-0.1, -0.05) is 59.8 Å². The Kier molecular flexibility index (Phi) is 16.3. The van der Waals surface area contributed by atoms with E-state index in [1.54, 1.807) is 0 Å². The second-order valence-electron chi connectivity index (χ2n) is 17.2. The average Bonchev–Trinajstić information content (AvgIpc) is 3.46. The maximum atomic E-state index is 13.2. The van der Waals surface area contributed by atoms with Gasteiger partial charge in [0.25, 0.3) is 0 Å². The number of esters is 3. The molecule has 0 aliphatic heterocycles. The van der Waals surface area contributed by atoms with Gasteiger partial charge in [0, 0.05) is 43.9 Å². The van der Waals surface area contributed by atoms with Crippen molar-refractivity contribution in [2.45, 2.75) is 162 Å². The van der Waals surface area contributed by atoms with Crippen molar-refractivity contribution in [1.29, 1.82) is 0 Å². The number of hydrogen-bond acceptors (Lipinski definition) is 10. The fourth-order valence-corrected chi connectivity index (χ4v) is 11.3. The summed E-state index contributed by atoms with van der Waals surface area (Å²) in [4.78, 5) is 51.7. The predicted molar refractivity (Wildman–Crippen MR) is 201 cm³/mol. The first kappa shape index (κ1) is 42.5. The zero-order valence-electron chi connectivity index (χ0n) is 32.8. The Morgan fingerprint density at radius 3 is 2.06 bits per heavy atom. The summed E-state index contributed by atoms with van der Waals surface area (Å²) in [6, 6.07) is 0. The van der Waals surface area contributed by atoms with E-state index >= 15 is 0 Å². The third kappa shape index (κ3) is 10.1. The van der Waals surface area contributed by atoms with Crippen LogP contribution in [0.5, 0.6) is 0 Å². The molecule has 4 rings (SSSR count). The molecule has 298 valence electrons. The number of hydrogen-bond donors (Lipinski definition) is 4. The largest absolute Gasteiger partial charge is 0.462 e. The third-order valence-electron chi connectivity index (χ3n) is 14.0. The lowest BCUT2D eigenvalue weighted by Gasteiger charge is -2.64. The number of carbonyl (C=O) groups is 4. The summed E-state index contributed by atoms with van der Waals surface area (Å²) in [6.07, 6.45) is 13.8. The van der Waals surface area contributed by atoms with Crippen LogP contribution in [0, 0.1) is 46.3 Å². The van der Waals surface area contributed by atoms with Gasteiger partial charge in [-0.15, -0.1) is 0 Å². The van der Waals surface area contributed by atoms with E-state index in [0.29, 0.717) is 25.7 Å². The molecule has 4 aliphatic rings. The summed E-state index contributed by atoms with van der Waals surface area (Å²) in [7, 11) is 0. The lowest BCUT2D eigenvalue weighted by molar-refractivity contribution is -0.225. The lowest BCUT2D eigenvalue weighted by atomic mass is 9.43. The Morgan fingerprint density at radius 2 is 1.38 bits per heavy atom. The molecule has 7 N–H and O–H groups in total. The number of amides is 1. The highest BCUT2D eigenvalue weighted by molar-refractivity contribution is 5.75. The first-order valence-corrected chi connectivity index (χ1v) is 20.9. The SMILES string of the molecule is CCCCCCCCNC(=O)CC[C@@H](C)C1CC[C@H]2[C@@H]3[C@H](OC(=O)CCN)C[C@@H]4C[C@H](OC(=O)CCN)CC[C@]4(C)[C@H]3C[C@H](OC(=O)CCN)[C@]12C. The second kappa shape index (κ2) is 19.9. The van der Waals surface area contributed by atoms with Crippen LogP contribution < -0.4 is 22.5 Å². The molecule has 1 amide bonds. The number of rotatable bonds is 20. The van der Waals surface area contributed by atoms with Gasteiger partial charge in [-0.25, -0.2) is 0 Å². The van der Waals surface area contributed by atoms with Crippen molar-refractivity contribution in [3.05, 3.63) is 0 Å². The monoisotopic (exact) mass is 733 g/mol. The van der Waals surface area contributed by atoms with Crippen molar-refractivity contribution < 1.29 is 33.4 Å². The molecule has 11 atom stereocenters. The fraction of sp³-hybridized carbons (Fsp3) is 0.902. The highest BCUT2D eigenvalue weighted by atomic mass is 16.6. The van der Waals surface area contributed by atoms with Crippen molar-refractivity contribution in [3.8, 4) is 0 Å². The smallest absolute Gasteiger partial charge is 0.307 e. The van der Waals surface area contributed by atoms with Crippen LogP contribution in [-0.4, -0.2) is 68.3 Å². The van der Waals surface area contributed by atoms with Gasteiger partial charge in [0.15, 0.2) is 0 Å². The number of ether oxygens (including phenoxy) is 3. The van der Waals surface area contributed by atoms with Gasteiger partial charge in [0.1, 0.15) is 18.3 Å². The van der Waals surface area contributed by atoms with Crippen LogP contribution in [-0.2, 0) is 33.4 Å². The van der Waals surface area contributed by atoms with Gasteiger partial charge >= 0.3 is 17.9 Å². The molecule has 4 aliphatic carbocycles. The summed E-state index contributed by atoms with van der Waals surface area (Å²) in [5.41, 5.74) is 16.8. The topological polar surface area (TPSA) is 186 Å². The maximum Gasteiger partial charge on any atom is 0.307 e. The van der Waals surface area contributed by atoms with Gasteiger partial charge in [-0.3, -0.25) is 19.2 Å². The Morgan fingerprint density at radius 1 is 0.750 bits per heavy atom. The summed E-state index contributed by atoms with van der Waals surface area (Å²) in [5, 5.41) is 3.15. The molecule has 0 aromatic rings. The Balaban J connectivity index is 1.56. The van der Waals surface area contributed by atoms with Crippen LogP contribution >= 0.6 is 0 Å². The molecule has 0 aromatic heterocycles. The Hall–Kier alpha value is -2.24. The van der Waals surface area contributed by atoms with Crippen molar-refractivity contribution >= 4 is 23.8 Å². The second-order valence-corrected chi connectivity index (χ2v) is 17.2. The van der Waals surface area contributed by atoms with Gasteiger partial charge in [-0.05, 0) is 92.8 Å². The van der Waals surface area contributed by atoms with E-state index in [1.165, 1.54) is 25.7 Å². The molecule has 0 radical (unpaired) electrons. The van der Waals surface area contributed by atoms with Crippen LogP contribution in [0.1, 0.15) is 143 Å². The number of nitrogens with one attached hydrogen (secondary N) is 1. The highest BCUT2D eigenvalue weighted by Gasteiger charge is 2.67. The molecule has 0 spiro atoms.